The number of nitrogens with zero attached hydrogens (tertiary/aromatic N) is 3. The molecule has 1 N–H and O–H groups in total. The number of aliphatic hydroxyl groups is 1. The van der Waals surface area contributed by atoms with Crippen molar-refractivity contribution >= 4 is 0 Å². The maximum Gasteiger partial charge on any atom is 0.0558 e. The zero-order valence-electron chi connectivity index (χ0n) is 11.1. The summed E-state index contributed by atoms with van der Waals surface area (Å²) in [5.74, 6) is 0. The highest BCUT2D eigenvalue weighted by atomic mass is 16.3. The third-order valence-corrected chi connectivity index (χ3v) is 3.70. The van der Waals surface area contributed by atoms with Crippen molar-refractivity contribution in [2.75, 3.05) is 33.3 Å². The van der Waals surface area contributed by atoms with Crippen molar-refractivity contribution in [2.45, 2.75) is 25.4 Å². The Balaban J connectivity index is 1.95. The van der Waals surface area contributed by atoms with Gasteiger partial charge in [0.15, 0.2) is 0 Å². The first kappa shape index (κ1) is 13.5. The molecule has 0 saturated carbocycles. The molecule has 0 unspecified atom stereocenters. The van der Waals surface area contributed by atoms with Crippen LogP contribution in [-0.4, -0.2) is 59.2 Å². The van der Waals surface area contributed by atoms with Crippen molar-refractivity contribution in [1.82, 2.24) is 14.8 Å². The van der Waals surface area contributed by atoms with Gasteiger partial charge in [-0.3, -0.25) is 9.88 Å². The molecule has 4 heteroatoms. The maximum atomic E-state index is 9.23. The van der Waals surface area contributed by atoms with Crippen molar-refractivity contribution in [3.8, 4) is 0 Å². The third-order valence-electron chi connectivity index (χ3n) is 3.70. The van der Waals surface area contributed by atoms with Gasteiger partial charge >= 0.3 is 0 Å². The van der Waals surface area contributed by atoms with Crippen LogP contribution >= 0.6 is 0 Å². The van der Waals surface area contributed by atoms with Crippen molar-refractivity contribution in [2.24, 2.45) is 0 Å². The first-order valence-electron chi connectivity index (χ1n) is 6.72. The van der Waals surface area contributed by atoms with Crippen LogP contribution in [0.1, 0.15) is 18.4 Å². The molecule has 0 atom stereocenters. The summed E-state index contributed by atoms with van der Waals surface area (Å²) in [6, 6.07) is 4.67. The molecule has 1 aliphatic heterocycles. The number of hydrogen-bond acceptors (Lipinski definition) is 4. The van der Waals surface area contributed by atoms with E-state index in [2.05, 4.69) is 27.9 Å². The van der Waals surface area contributed by atoms with Crippen LogP contribution < -0.4 is 0 Å². The highest BCUT2D eigenvalue weighted by Gasteiger charge is 2.22. The van der Waals surface area contributed by atoms with E-state index in [0.29, 0.717) is 6.04 Å². The number of pyridine rings is 1. The molecule has 1 aliphatic rings. The van der Waals surface area contributed by atoms with E-state index in [1.165, 1.54) is 18.4 Å². The Labute approximate surface area is 109 Å². The average molecular weight is 249 g/mol. The Bertz CT molecular complexity index is 336. The molecule has 2 heterocycles. The zero-order chi connectivity index (χ0) is 12.8. The van der Waals surface area contributed by atoms with Gasteiger partial charge < -0.3 is 10.0 Å². The van der Waals surface area contributed by atoms with Crippen LogP contribution in [0.25, 0.3) is 0 Å². The molecule has 1 saturated heterocycles. The Morgan fingerprint density at radius 2 is 2.22 bits per heavy atom. The zero-order valence-corrected chi connectivity index (χ0v) is 11.1. The average Bonchev–Trinajstić information content (AvgIpc) is 2.40. The summed E-state index contributed by atoms with van der Waals surface area (Å²) in [5, 5.41) is 9.23. The van der Waals surface area contributed by atoms with Gasteiger partial charge in [-0.1, -0.05) is 6.07 Å². The topological polar surface area (TPSA) is 39.6 Å². The highest BCUT2D eigenvalue weighted by molar-refractivity contribution is 5.08. The molecule has 1 fully saturated rings. The Morgan fingerprint density at radius 3 is 2.83 bits per heavy atom. The minimum atomic E-state index is 0.229. The monoisotopic (exact) mass is 249 g/mol. The van der Waals surface area contributed by atoms with Crippen molar-refractivity contribution < 1.29 is 5.11 Å². The van der Waals surface area contributed by atoms with Gasteiger partial charge in [0.1, 0.15) is 0 Å². The van der Waals surface area contributed by atoms with Crippen molar-refractivity contribution in [1.29, 1.82) is 0 Å². The molecule has 0 aromatic carbocycles. The van der Waals surface area contributed by atoms with Gasteiger partial charge in [-0.25, -0.2) is 0 Å². The van der Waals surface area contributed by atoms with Crippen LogP contribution in [-0.2, 0) is 6.54 Å². The van der Waals surface area contributed by atoms with Crippen LogP contribution in [0.2, 0.25) is 0 Å². The Kier molecular flexibility index (Phi) is 5.11. The number of aromatic nitrogens is 1. The van der Waals surface area contributed by atoms with Crippen molar-refractivity contribution in [3.63, 3.8) is 0 Å². The minimum absolute atomic E-state index is 0.229. The van der Waals surface area contributed by atoms with Crippen LogP contribution in [0.3, 0.4) is 0 Å². The van der Waals surface area contributed by atoms with Gasteiger partial charge in [-0.05, 0) is 44.6 Å². The highest BCUT2D eigenvalue weighted by Crippen LogP contribution is 2.17. The Morgan fingerprint density at radius 1 is 1.44 bits per heavy atom. The lowest BCUT2D eigenvalue weighted by Crippen LogP contribution is -2.44. The second-order valence-electron chi connectivity index (χ2n) is 5.09. The molecular formula is C14H23N3O. The van der Waals surface area contributed by atoms with Gasteiger partial charge in [-0.15, -0.1) is 0 Å². The summed E-state index contributed by atoms with van der Waals surface area (Å²) in [4.78, 5) is 8.92. The third kappa shape index (κ3) is 3.77. The van der Waals surface area contributed by atoms with E-state index in [1.807, 2.05) is 12.3 Å². The van der Waals surface area contributed by atoms with Crippen LogP contribution in [0.4, 0.5) is 0 Å². The fourth-order valence-corrected chi connectivity index (χ4v) is 2.61. The first-order valence-corrected chi connectivity index (χ1v) is 6.72. The molecule has 4 nitrogen and oxygen atoms in total. The summed E-state index contributed by atoms with van der Waals surface area (Å²) in [5.41, 5.74) is 1.23. The number of hydrogen-bond donors (Lipinski definition) is 1. The number of likely N-dealkylation sites (tertiary alicyclic amines) is 1. The van der Waals surface area contributed by atoms with Crippen LogP contribution in [0, 0.1) is 0 Å². The molecule has 0 aliphatic carbocycles. The molecule has 1 aromatic heterocycles. The summed E-state index contributed by atoms with van der Waals surface area (Å²) in [6.45, 7) is 4.18. The summed E-state index contributed by atoms with van der Waals surface area (Å²) in [6.07, 6.45) is 6.10. The lowest BCUT2D eigenvalue weighted by Gasteiger charge is -2.37. The molecule has 2 rings (SSSR count). The van der Waals surface area contributed by atoms with Gasteiger partial charge in [0, 0.05) is 31.5 Å². The molecule has 100 valence electrons. The molecular weight excluding hydrogens is 226 g/mol. The van der Waals surface area contributed by atoms with Crippen LogP contribution in [0.5, 0.6) is 0 Å². The fraction of sp³-hybridized carbons (Fsp3) is 0.643. The molecule has 1 aromatic rings. The lowest BCUT2D eigenvalue weighted by molar-refractivity contribution is 0.0940. The van der Waals surface area contributed by atoms with E-state index in [0.717, 1.165) is 26.2 Å². The van der Waals surface area contributed by atoms with Crippen molar-refractivity contribution in [3.05, 3.63) is 30.1 Å². The van der Waals surface area contributed by atoms with E-state index < -0.39 is 0 Å². The predicted octanol–water partition coefficient (Wildman–Crippen LogP) is 0.970. The van der Waals surface area contributed by atoms with Crippen LogP contribution in [0.15, 0.2) is 24.5 Å². The first-order chi connectivity index (χ1) is 8.79. The summed E-state index contributed by atoms with van der Waals surface area (Å²) >= 11 is 0. The summed E-state index contributed by atoms with van der Waals surface area (Å²) < 4.78 is 0. The maximum absolute atomic E-state index is 9.23. The molecule has 0 spiro atoms. The van der Waals surface area contributed by atoms with Gasteiger partial charge in [-0.2, -0.15) is 0 Å². The van der Waals surface area contributed by atoms with E-state index in [-0.39, 0.29) is 6.61 Å². The fourth-order valence-electron chi connectivity index (χ4n) is 2.61. The number of rotatable bonds is 5. The summed E-state index contributed by atoms with van der Waals surface area (Å²) in [7, 11) is 2.17. The minimum Gasteiger partial charge on any atom is -0.395 e. The SMILES string of the molecule is CN1CCC(N(CCO)Cc2cccnc2)CC1. The van der Waals surface area contributed by atoms with E-state index in [1.54, 1.807) is 6.20 Å². The van der Waals surface area contributed by atoms with E-state index in [4.69, 9.17) is 0 Å². The normalized spacial score (nSPS) is 18.4. The van der Waals surface area contributed by atoms with Gasteiger partial charge in [0.25, 0.3) is 0 Å². The van der Waals surface area contributed by atoms with E-state index >= 15 is 0 Å². The molecule has 18 heavy (non-hydrogen) atoms. The second kappa shape index (κ2) is 6.83. The predicted molar refractivity (Wildman–Crippen MR) is 72.3 cm³/mol. The standard InChI is InChI=1S/C14H23N3O/c1-16-7-4-14(5-8-16)17(9-10-18)12-13-3-2-6-15-11-13/h2-3,6,11,14,18H,4-5,7-10,12H2,1H3. The number of aliphatic hydroxyl groups excluding tert-OH is 1. The molecule has 0 bridgehead atoms. The quantitative estimate of drug-likeness (QED) is 0.844. The largest absolute Gasteiger partial charge is 0.395 e. The lowest BCUT2D eigenvalue weighted by atomic mass is 10.0. The molecule has 0 radical (unpaired) electrons. The van der Waals surface area contributed by atoms with Gasteiger partial charge in [0.05, 0.1) is 6.61 Å². The van der Waals surface area contributed by atoms with E-state index in [9.17, 15) is 5.11 Å². The molecule has 0 amide bonds. The second-order valence-corrected chi connectivity index (χ2v) is 5.09. The smallest absolute Gasteiger partial charge is 0.0558 e. The Hall–Kier alpha value is -0.970. The van der Waals surface area contributed by atoms with Gasteiger partial charge in [0.2, 0.25) is 0 Å². The number of piperidine rings is 1.